The molecule has 0 saturated carbocycles. The lowest BCUT2D eigenvalue weighted by Crippen LogP contribution is -2.06. The van der Waals surface area contributed by atoms with Gasteiger partial charge in [-0.2, -0.15) is 0 Å². The molecule has 0 heterocycles. The number of ether oxygens (including phenoxy) is 1. The van der Waals surface area contributed by atoms with Gasteiger partial charge in [0.2, 0.25) is 0 Å². The van der Waals surface area contributed by atoms with Gasteiger partial charge in [-0.3, -0.25) is 4.79 Å². The van der Waals surface area contributed by atoms with E-state index in [2.05, 4.69) is 11.8 Å². The first-order valence-electron chi connectivity index (χ1n) is 5.64. The summed E-state index contributed by atoms with van der Waals surface area (Å²) in [5.41, 5.74) is 0.894. The third-order valence-corrected chi connectivity index (χ3v) is 2.21. The van der Waals surface area contributed by atoms with Gasteiger partial charge in [-0.15, -0.1) is 0 Å². The van der Waals surface area contributed by atoms with Crippen molar-refractivity contribution in [2.24, 2.45) is 0 Å². The Morgan fingerprint density at radius 2 is 1.56 bits per heavy atom. The van der Waals surface area contributed by atoms with Gasteiger partial charge in [-0.05, 0) is 24.3 Å². The lowest BCUT2D eigenvalue weighted by Gasteiger charge is -2.00. The summed E-state index contributed by atoms with van der Waals surface area (Å²) in [5, 5.41) is 0. The molecule has 0 saturated heterocycles. The maximum atomic E-state index is 11.5. The lowest BCUT2D eigenvalue weighted by molar-refractivity contribution is -0.133. The van der Waals surface area contributed by atoms with E-state index >= 15 is 0 Å². The molecule has 0 unspecified atom stereocenters. The van der Waals surface area contributed by atoms with E-state index in [0.29, 0.717) is 5.75 Å². The summed E-state index contributed by atoms with van der Waals surface area (Å²) in [4.78, 5) is 11.5. The van der Waals surface area contributed by atoms with Gasteiger partial charge in [0.25, 0.3) is 0 Å². The Morgan fingerprint density at radius 3 is 2.22 bits per heavy atom. The molecule has 2 rings (SSSR count). The highest BCUT2D eigenvalue weighted by Gasteiger charge is 2.00. The second-order valence-electron chi connectivity index (χ2n) is 3.63. The van der Waals surface area contributed by atoms with Crippen LogP contribution in [0.3, 0.4) is 0 Å². The third kappa shape index (κ3) is 3.80. The molecule has 0 N–H and O–H groups in total. The zero-order chi connectivity index (χ0) is 12.6. The van der Waals surface area contributed by atoms with Gasteiger partial charge < -0.3 is 4.74 Å². The van der Waals surface area contributed by atoms with Crippen molar-refractivity contribution in [3.63, 3.8) is 0 Å². The molecule has 0 bridgehead atoms. The fourth-order valence-corrected chi connectivity index (χ4v) is 1.40. The van der Waals surface area contributed by atoms with Crippen LogP contribution in [0.2, 0.25) is 0 Å². The Morgan fingerprint density at radius 1 is 0.944 bits per heavy atom. The standard InChI is InChI=1S/C16H12O2/c17-16(18-15-11-5-2-6-12-15)13-7-10-14-8-3-1-4-9-14/h1-6,8-9,11-12H,13H2. The normalized spacial score (nSPS) is 9.11. The average Bonchev–Trinajstić information content (AvgIpc) is 2.41. The molecule has 18 heavy (non-hydrogen) atoms. The van der Waals surface area contributed by atoms with Crippen LogP contribution in [0.4, 0.5) is 0 Å². The average molecular weight is 236 g/mol. The van der Waals surface area contributed by atoms with E-state index in [1.807, 2.05) is 48.5 Å². The minimum absolute atomic E-state index is 0.0871. The molecule has 0 aliphatic rings. The smallest absolute Gasteiger partial charge is 0.323 e. The van der Waals surface area contributed by atoms with Gasteiger partial charge in [0.1, 0.15) is 12.2 Å². The minimum atomic E-state index is -0.343. The zero-order valence-electron chi connectivity index (χ0n) is 9.80. The largest absolute Gasteiger partial charge is 0.426 e. The fraction of sp³-hybridized carbons (Fsp3) is 0.0625. The number of benzene rings is 2. The first-order chi connectivity index (χ1) is 8.84. The number of carbonyl (C=O) groups excluding carboxylic acids is 1. The van der Waals surface area contributed by atoms with Gasteiger partial charge in [0.15, 0.2) is 0 Å². The number of rotatable bonds is 2. The summed E-state index contributed by atoms with van der Waals surface area (Å²) in [6, 6.07) is 18.5. The van der Waals surface area contributed by atoms with Crippen molar-refractivity contribution in [2.75, 3.05) is 0 Å². The van der Waals surface area contributed by atoms with Crippen molar-refractivity contribution in [3.8, 4) is 17.6 Å². The number of para-hydroxylation sites is 1. The van der Waals surface area contributed by atoms with E-state index in [-0.39, 0.29) is 12.4 Å². The molecule has 0 atom stereocenters. The molecule has 0 aliphatic heterocycles. The molecule has 0 amide bonds. The minimum Gasteiger partial charge on any atom is -0.426 e. The molecule has 2 aromatic carbocycles. The van der Waals surface area contributed by atoms with Crippen LogP contribution in [0.25, 0.3) is 0 Å². The van der Waals surface area contributed by atoms with E-state index in [9.17, 15) is 4.79 Å². The van der Waals surface area contributed by atoms with Crippen molar-refractivity contribution in [3.05, 3.63) is 66.2 Å². The van der Waals surface area contributed by atoms with Crippen molar-refractivity contribution < 1.29 is 9.53 Å². The van der Waals surface area contributed by atoms with Crippen molar-refractivity contribution in [1.29, 1.82) is 0 Å². The van der Waals surface area contributed by atoms with Crippen LogP contribution in [-0.2, 0) is 4.79 Å². The van der Waals surface area contributed by atoms with Crippen LogP contribution in [0.15, 0.2) is 60.7 Å². The molecule has 2 nitrogen and oxygen atoms in total. The molecule has 2 heteroatoms. The molecule has 0 spiro atoms. The first kappa shape index (κ1) is 11.9. The Bertz CT molecular complexity index is 562. The lowest BCUT2D eigenvalue weighted by atomic mass is 10.2. The van der Waals surface area contributed by atoms with Crippen molar-refractivity contribution in [1.82, 2.24) is 0 Å². The number of hydrogen-bond donors (Lipinski definition) is 0. The SMILES string of the molecule is O=C(CC#Cc1ccccc1)Oc1ccccc1. The van der Waals surface area contributed by atoms with Crippen LogP contribution >= 0.6 is 0 Å². The van der Waals surface area contributed by atoms with Crippen LogP contribution < -0.4 is 4.74 Å². The van der Waals surface area contributed by atoms with Crippen molar-refractivity contribution >= 4 is 5.97 Å². The summed E-state index contributed by atoms with van der Waals surface area (Å²) in [6.07, 6.45) is 0.0871. The predicted molar refractivity (Wildman–Crippen MR) is 70.0 cm³/mol. The first-order valence-corrected chi connectivity index (χ1v) is 5.64. The molecule has 2 aromatic rings. The highest BCUT2D eigenvalue weighted by molar-refractivity contribution is 5.75. The van der Waals surface area contributed by atoms with E-state index in [4.69, 9.17) is 4.74 Å². The number of hydrogen-bond acceptors (Lipinski definition) is 2. The predicted octanol–water partition coefficient (Wildman–Crippen LogP) is 3.03. The Labute approximate surface area is 106 Å². The molecular formula is C16H12O2. The quantitative estimate of drug-likeness (QED) is 0.455. The highest BCUT2D eigenvalue weighted by Crippen LogP contribution is 2.08. The molecule has 0 fully saturated rings. The molecular weight excluding hydrogens is 224 g/mol. The molecule has 0 aliphatic carbocycles. The van der Waals surface area contributed by atoms with Crippen LogP contribution in [0.5, 0.6) is 5.75 Å². The van der Waals surface area contributed by atoms with Crippen LogP contribution in [0, 0.1) is 11.8 Å². The zero-order valence-corrected chi connectivity index (χ0v) is 9.80. The maximum absolute atomic E-state index is 11.5. The second-order valence-corrected chi connectivity index (χ2v) is 3.63. The maximum Gasteiger partial charge on any atom is 0.323 e. The summed E-state index contributed by atoms with van der Waals surface area (Å²) < 4.78 is 5.11. The Balaban J connectivity index is 1.88. The van der Waals surface area contributed by atoms with Gasteiger partial charge in [-0.1, -0.05) is 48.2 Å². The van der Waals surface area contributed by atoms with Crippen LogP contribution in [-0.4, -0.2) is 5.97 Å². The number of carbonyl (C=O) groups is 1. The fourth-order valence-electron chi connectivity index (χ4n) is 1.40. The third-order valence-electron chi connectivity index (χ3n) is 2.21. The highest BCUT2D eigenvalue weighted by atomic mass is 16.5. The number of esters is 1. The summed E-state index contributed by atoms with van der Waals surface area (Å²) in [5.74, 6) is 5.91. The molecule has 0 radical (unpaired) electrons. The monoisotopic (exact) mass is 236 g/mol. The van der Waals surface area contributed by atoms with E-state index in [1.54, 1.807) is 12.1 Å². The Hall–Kier alpha value is -2.53. The molecule has 88 valence electrons. The summed E-state index contributed by atoms with van der Waals surface area (Å²) >= 11 is 0. The topological polar surface area (TPSA) is 26.3 Å². The van der Waals surface area contributed by atoms with Gasteiger partial charge in [0.05, 0.1) is 0 Å². The van der Waals surface area contributed by atoms with Gasteiger partial charge in [0, 0.05) is 5.56 Å². The van der Waals surface area contributed by atoms with Crippen molar-refractivity contribution in [2.45, 2.75) is 6.42 Å². The van der Waals surface area contributed by atoms with Gasteiger partial charge >= 0.3 is 5.97 Å². The van der Waals surface area contributed by atoms with Gasteiger partial charge in [-0.25, -0.2) is 0 Å². The Kier molecular flexibility index (Phi) is 4.16. The summed E-state index contributed by atoms with van der Waals surface area (Å²) in [7, 11) is 0. The molecule has 0 aromatic heterocycles. The van der Waals surface area contributed by atoms with E-state index in [0.717, 1.165) is 5.56 Å². The second kappa shape index (κ2) is 6.27. The van der Waals surface area contributed by atoms with E-state index < -0.39 is 0 Å². The van der Waals surface area contributed by atoms with Crippen LogP contribution in [0.1, 0.15) is 12.0 Å². The summed E-state index contributed by atoms with van der Waals surface area (Å²) in [6.45, 7) is 0. The van der Waals surface area contributed by atoms with E-state index in [1.165, 1.54) is 0 Å².